The van der Waals surface area contributed by atoms with Crippen LogP contribution in [0.1, 0.15) is 18.5 Å². The summed E-state index contributed by atoms with van der Waals surface area (Å²) in [5, 5.41) is 0. The van der Waals surface area contributed by atoms with Gasteiger partial charge in [-0.05, 0) is 24.6 Å². The number of benzene rings is 1. The second-order valence-electron chi connectivity index (χ2n) is 3.68. The molecule has 1 aromatic rings. The first-order valence-corrected chi connectivity index (χ1v) is 6.22. The minimum atomic E-state index is -3.50. The van der Waals surface area contributed by atoms with E-state index in [-0.39, 0.29) is 5.82 Å². The maximum atomic E-state index is 12.9. The Morgan fingerprint density at radius 2 is 2.00 bits per heavy atom. The lowest BCUT2D eigenvalue weighted by Crippen LogP contribution is -2.37. The fourth-order valence-corrected chi connectivity index (χ4v) is 1.97. The third kappa shape index (κ3) is 3.26. The lowest BCUT2D eigenvalue weighted by Gasteiger charge is -2.18. The highest BCUT2D eigenvalue weighted by molar-refractivity contribution is 7.87. The molecule has 0 aromatic heterocycles. The van der Waals surface area contributed by atoms with E-state index in [0.29, 0.717) is 5.56 Å². The zero-order valence-electron chi connectivity index (χ0n) is 9.44. The standard InChI is InChI=1S/C10H15FN2O2S/c1-8(12-16(14,15)13(2)3)9-5-4-6-10(11)7-9/h4-8,12H,1-3H3/t8-/m0/s1. The molecule has 0 saturated carbocycles. The molecule has 0 unspecified atom stereocenters. The van der Waals surface area contributed by atoms with Crippen molar-refractivity contribution >= 4 is 10.2 Å². The molecule has 0 fully saturated rings. The third-order valence-electron chi connectivity index (χ3n) is 2.16. The molecule has 0 aliphatic heterocycles. The van der Waals surface area contributed by atoms with Crippen LogP contribution >= 0.6 is 0 Å². The first kappa shape index (κ1) is 13.1. The number of nitrogens with one attached hydrogen (secondary N) is 1. The highest BCUT2D eigenvalue weighted by Gasteiger charge is 2.17. The SMILES string of the molecule is C[C@H](NS(=O)(=O)N(C)C)c1cccc(F)c1. The lowest BCUT2D eigenvalue weighted by molar-refractivity contribution is 0.494. The van der Waals surface area contributed by atoms with Gasteiger partial charge in [0.15, 0.2) is 0 Å². The Morgan fingerprint density at radius 3 is 2.50 bits per heavy atom. The molecule has 90 valence electrons. The lowest BCUT2D eigenvalue weighted by atomic mass is 10.1. The minimum Gasteiger partial charge on any atom is -0.207 e. The molecule has 16 heavy (non-hydrogen) atoms. The average molecular weight is 246 g/mol. The number of hydrogen-bond acceptors (Lipinski definition) is 2. The van der Waals surface area contributed by atoms with Crippen LogP contribution in [0.2, 0.25) is 0 Å². The third-order valence-corrected chi connectivity index (χ3v) is 3.77. The zero-order chi connectivity index (χ0) is 12.3. The van der Waals surface area contributed by atoms with E-state index in [1.807, 2.05) is 0 Å². The van der Waals surface area contributed by atoms with E-state index >= 15 is 0 Å². The normalized spacial score (nSPS) is 14.1. The van der Waals surface area contributed by atoms with Gasteiger partial charge in [0.25, 0.3) is 10.2 Å². The summed E-state index contributed by atoms with van der Waals surface area (Å²) < 4.78 is 39.5. The molecule has 0 saturated heterocycles. The van der Waals surface area contributed by atoms with Crippen LogP contribution in [-0.4, -0.2) is 26.8 Å². The molecular formula is C10H15FN2O2S. The van der Waals surface area contributed by atoms with Crippen LogP contribution in [-0.2, 0) is 10.2 Å². The van der Waals surface area contributed by atoms with Gasteiger partial charge >= 0.3 is 0 Å². The summed E-state index contributed by atoms with van der Waals surface area (Å²) in [6.45, 7) is 1.66. The summed E-state index contributed by atoms with van der Waals surface area (Å²) in [6, 6.07) is 5.37. The van der Waals surface area contributed by atoms with Crippen LogP contribution < -0.4 is 4.72 Å². The number of halogens is 1. The largest absolute Gasteiger partial charge is 0.279 e. The van der Waals surface area contributed by atoms with E-state index in [4.69, 9.17) is 0 Å². The van der Waals surface area contributed by atoms with Crippen molar-refractivity contribution in [1.29, 1.82) is 0 Å². The summed E-state index contributed by atoms with van der Waals surface area (Å²) in [4.78, 5) is 0. The summed E-state index contributed by atoms with van der Waals surface area (Å²) >= 11 is 0. The molecule has 4 nitrogen and oxygen atoms in total. The van der Waals surface area contributed by atoms with E-state index in [1.165, 1.54) is 26.2 Å². The average Bonchev–Trinajstić information content (AvgIpc) is 2.16. The van der Waals surface area contributed by atoms with Crippen LogP contribution in [0.25, 0.3) is 0 Å². The Hall–Kier alpha value is -0.980. The van der Waals surface area contributed by atoms with Gasteiger partial charge in [0.2, 0.25) is 0 Å². The highest BCUT2D eigenvalue weighted by Crippen LogP contribution is 2.14. The molecule has 0 spiro atoms. The monoisotopic (exact) mass is 246 g/mol. The molecule has 1 N–H and O–H groups in total. The van der Waals surface area contributed by atoms with E-state index in [0.717, 1.165) is 4.31 Å². The predicted molar refractivity (Wildman–Crippen MR) is 60.6 cm³/mol. The van der Waals surface area contributed by atoms with Gasteiger partial charge in [-0.2, -0.15) is 17.4 Å². The van der Waals surface area contributed by atoms with Crippen molar-refractivity contribution in [1.82, 2.24) is 9.03 Å². The molecule has 1 aromatic carbocycles. The van der Waals surface area contributed by atoms with Gasteiger partial charge in [-0.25, -0.2) is 4.39 Å². The smallest absolute Gasteiger partial charge is 0.207 e. The maximum absolute atomic E-state index is 12.9. The Labute approximate surface area is 95.3 Å². The Morgan fingerprint density at radius 1 is 1.38 bits per heavy atom. The molecule has 0 aliphatic carbocycles. The van der Waals surface area contributed by atoms with Gasteiger partial charge in [-0.15, -0.1) is 0 Å². The van der Waals surface area contributed by atoms with Crippen LogP contribution in [0, 0.1) is 5.82 Å². The molecule has 0 radical (unpaired) electrons. The van der Waals surface area contributed by atoms with E-state index in [2.05, 4.69) is 4.72 Å². The summed E-state index contributed by atoms with van der Waals surface area (Å²) in [6.07, 6.45) is 0. The van der Waals surface area contributed by atoms with Crippen molar-refractivity contribution in [3.05, 3.63) is 35.6 Å². The summed E-state index contributed by atoms with van der Waals surface area (Å²) in [7, 11) is -0.635. The Bertz CT molecular complexity index is 460. The van der Waals surface area contributed by atoms with Gasteiger partial charge in [0.05, 0.1) is 0 Å². The van der Waals surface area contributed by atoms with Crippen molar-refractivity contribution in [2.45, 2.75) is 13.0 Å². The molecule has 0 amide bonds. The highest BCUT2D eigenvalue weighted by atomic mass is 32.2. The van der Waals surface area contributed by atoms with Crippen molar-refractivity contribution in [2.75, 3.05) is 14.1 Å². The van der Waals surface area contributed by atoms with E-state index in [9.17, 15) is 12.8 Å². The van der Waals surface area contributed by atoms with Crippen molar-refractivity contribution in [2.24, 2.45) is 0 Å². The minimum absolute atomic E-state index is 0.381. The quantitative estimate of drug-likeness (QED) is 0.870. The first-order chi connectivity index (χ1) is 7.33. The summed E-state index contributed by atoms with van der Waals surface area (Å²) in [5.41, 5.74) is 0.588. The predicted octanol–water partition coefficient (Wildman–Crippen LogP) is 1.28. The topological polar surface area (TPSA) is 49.4 Å². The van der Waals surface area contributed by atoms with Crippen LogP contribution in [0.4, 0.5) is 4.39 Å². The van der Waals surface area contributed by atoms with Gasteiger partial charge < -0.3 is 0 Å². The Kier molecular flexibility index (Phi) is 4.01. The van der Waals surface area contributed by atoms with Crippen LogP contribution in [0.3, 0.4) is 0 Å². The van der Waals surface area contributed by atoms with Crippen molar-refractivity contribution in [3.63, 3.8) is 0 Å². The first-order valence-electron chi connectivity index (χ1n) is 4.78. The molecule has 1 atom stereocenters. The zero-order valence-corrected chi connectivity index (χ0v) is 10.3. The van der Waals surface area contributed by atoms with Crippen LogP contribution in [0.15, 0.2) is 24.3 Å². The van der Waals surface area contributed by atoms with Gasteiger partial charge in [-0.3, -0.25) is 0 Å². The molecule has 6 heteroatoms. The summed E-state index contributed by atoms with van der Waals surface area (Å²) in [5.74, 6) is -0.381. The number of hydrogen-bond donors (Lipinski definition) is 1. The van der Waals surface area contributed by atoms with Crippen LogP contribution in [0.5, 0.6) is 0 Å². The fourth-order valence-electron chi connectivity index (χ4n) is 1.17. The van der Waals surface area contributed by atoms with Gasteiger partial charge in [0, 0.05) is 20.1 Å². The second kappa shape index (κ2) is 4.90. The van der Waals surface area contributed by atoms with E-state index in [1.54, 1.807) is 19.1 Å². The van der Waals surface area contributed by atoms with Gasteiger partial charge in [-0.1, -0.05) is 12.1 Å². The second-order valence-corrected chi connectivity index (χ2v) is 5.60. The molecule has 0 aliphatic rings. The van der Waals surface area contributed by atoms with Crippen molar-refractivity contribution in [3.8, 4) is 0 Å². The maximum Gasteiger partial charge on any atom is 0.279 e. The van der Waals surface area contributed by atoms with Gasteiger partial charge in [0.1, 0.15) is 5.82 Å². The molecular weight excluding hydrogens is 231 g/mol. The molecule has 0 heterocycles. The Balaban J connectivity index is 2.85. The molecule has 0 bridgehead atoms. The fraction of sp³-hybridized carbons (Fsp3) is 0.400. The number of rotatable bonds is 4. The number of nitrogens with zero attached hydrogens (tertiary/aromatic N) is 1. The van der Waals surface area contributed by atoms with Crippen molar-refractivity contribution < 1.29 is 12.8 Å². The van der Waals surface area contributed by atoms with E-state index < -0.39 is 16.3 Å². The molecule has 1 rings (SSSR count).